The lowest BCUT2D eigenvalue weighted by molar-refractivity contribution is 0.316. The number of nitrogens with one attached hydrogen (secondary N) is 1. The van der Waals surface area contributed by atoms with Crippen molar-refractivity contribution in [3.05, 3.63) is 48.0 Å². The van der Waals surface area contributed by atoms with Gasteiger partial charge in [0.25, 0.3) is 0 Å². The molecule has 4 nitrogen and oxygen atoms in total. The number of imidazole rings is 1. The quantitative estimate of drug-likeness (QED) is 0.917. The van der Waals surface area contributed by atoms with Crippen molar-refractivity contribution in [3.8, 4) is 5.75 Å². The smallest absolute Gasteiger partial charge is 0.119 e. The summed E-state index contributed by atoms with van der Waals surface area (Å²) in [5, 5.41) is 3.71. The highest BCUT2D eigenvalue weighted by atomic mass is 16.5. The van der Waals surface area contributed by atoms with Gasteiger partial charge in [0.2, 0.25) is 0 Å². The van der Waals surface area contributed by atoms with Crippen LogP contribution in [-0.2, 0) is 6.42 Å². The minimum atomic E-state index is 0.318. The maximum Gasteiger partial charge on any atom is 0.119 e. The van der Waals surface area contributed by atoms with E-state index in [9.17, 15) is 0 Å². The van der Waals surface area contributed by atoms with Crippen LogP contribution < -0.4 is 10.1 Å². The summed E-state index contributed by atoms with van der Waals surface area (Å²) in [7, 11) is 1.73. The summed E-state index contributed by atoms with van der Waals surface area (Å²) in [4.78, 5) is 4.21. The van der Waals surface area contributed by atoms with Crippen LogP contribution in [0.4, 0.5) is 0 Å². The van der Waals surface area contributed by atoms with Crippen molar-refractivity contribution in [1.29, 1.82) is 0 Å². The fourth-order valence-electron chi connectivity index (χ4n) is 3.23. The van der Waals surface area contributed by atoms with Gasteiger partial charge in [-0.15, -0.1) is 0 Å². The van der Waals surface area contributed by atoms with Crippen molar-refractivity contribution in [2.75, 3.05) is 13.7 Å². The normalized spacial score (nSPS) is 21.0. The summed E-state index contributed by atoms with van der Waals surface area (Å²) < 4.78 is 7.64. The first-order valence-corrected chi connectivity index (χ1v) is 7.71. The summed E-state index contributed by atoms with van der Waals surface area (Å²) in [5.41, 5.74) is 2.80. The molecule has 1 aliphatic rings. The molecule has 0 aliphatic heterocycles. The molecule has 0 radical (unpaired) electrons. The maximum absolute atomic E-state index is 5.41. The van der Waals surface area contributed by atoms with Gasteiger partial charge in [-0.05, 0) is 49.1 Å². The van der Waals surface area contributed by atoms with Gasteiger partial charge in [0.15, 0.2) is 0 Å². The Balaban J connectivity index is 1.97. The van der Waals surface area contributed by atoms with Crippen LogP contribution in [0.3, 0.4) is 0 Å². The zero-order valence-electron chi connectivity index (χ0n) is 12.7. The van der Waals surface area contributed by atoms with Crippen LogP contribution >= 0.6 is 0 Å². The first-order chi connectivity index (χ1) is 10.3. The van der Waals surface area contributed by atoms with Gasteiger partial charge >= 0.3 is 0 Å². The van der Waals surface area contributed by atoms with Crippen LogP contribution in [0.5, 0.6) is 5.75 Å². The molecular weight excluding hydrogens is 262 g/mol. The second-order valence-electron chi connectivity index (χ2n) is 5.61. The van der Waals surface area contributed by atoms with Crippen LogP contribution in [0.25, 0.3) is 0 Å². The molecule has 0 fully saturated rings. The van der Waals surface area contributed by atoms with Gasteiger partial charge in [0.1, 0.15) is 5.75 Å². The van der Waals surface area contributed by atoms with Gasteiger partial charge in [-0.2, -0.15) is 0 Å². The Labute approximate surface area is 126 Å². The second kappa shape index (κ2) is 6.31. The number of fused-ring (bicyclic) bond motifs is 1. The molecule has 1 N–H and O–H groups in total. The SMILES string of the molecule is CCCNC1c2cc(OC)ccc2CCC1n1ccnc1. The van der Waals surface area contributed by atoms with E-state index >= 15 is 0 Å². The minimum Gasteiger partial charge on any atom is -0.497 e. The van der Waals surface area contributed by atoms with E-state index in [0.717, 1.165) is 31.6 Å². The fourth-order valence-corrected chi connectivity index (χ4v) is 3.23. The predicted molar refractivity (Wildman–Crippen MR) is 83.6 cm³/mol. The molecule has 1 aliphatic carbocycles. The highest BCUT2D eigenvalue weighted by Crippen LogP contribution is 2.39. The van der Waals surface area contributed by atoms with Gasteiger partial charge in [0, 0.05) is 12.4 Å². The maximum atomic E-state index is 5.41. The Morgan fingerprint density at radius 3 is 3.05 bits per heavy atom. The number of rotatable bonds is 5. The highest BCUT2D eigenvalue weighted by Gasteiger charge is 2.30. The lowest BCUT2D eigenvalue weighted by atomic mass is 9.83. The van der Waals surface area contributed by atoms with E-state index in [0.29, 0.717) is 12.1 Å². The molecule has 112 valence electrons. The molecule has 0 saturated carbocycles. The van der Waals surface area contributed by atoms with Crippen molar-refractivity contribution < 1.29 is 4.74 Å². The van der Waals surface area contributed by atoms with Gasteiger partial charge in [-0.3, -0.25) is 0 Å². The molecular formula is C17H23N3O. The van der Waals surface area contributed by atoms with Crippen molar-refractivity contribution in [1.82, 2.24) is 14.9 Å². The Morgan fingerprint density at radius 1 is 1.43 bits per heavy atom. The number of nitrogens with zero attached hydrogens (tertiary/aromatic N) is 2. The van der Waals surface area contributed by atoms with Gasteiger partial charge in [0.05, 0.1) is 25.5 Å². The third-order valence-corrected chi connectivity index (χ3v) is 4.30. The predicted octanol–water partition coefficient (Wildman–Crippen LogP) is 3.12. The molecule has 3 rings (SSSR count). The van der Waals surface area contributed by atoms with Crippen molar-refractivity contribution >= 4 is 0 Å². The lowest BCUT2D eigenvalue weighted by Crippen LogP contribution is -2.34. The molecule has 2 aromatic rings. The average Bonchev–Trinajstić information content (AvgIpc) is 3.06. The third-order valence-electron chi connectivity index (χ3n) is 4.30. The molecule has 0 bridgehead atoms. The van der Waals surface area contributed by atoms with Crippen LogP contribution in [0, 0.1) is 0 Å². The summed E-state index contributed by atoms with van der Waals surface area (Å²) in [6.07, 6.45) is 9.22. The van der Waals surface area contributed by atoms with Gasteiger partial charge < -0.3 is 14.6 Å². The molecule has 1 heterocycles. The number of hydrogen-bond donors (Lipinski definition) is 1. The number of methoxy groups -OCH3 is 1. The van der Waals surface area contributed by atoms with Crippen LogP contribution in [0.15, 0.2) is 36.9 Å². The highest BCUT2D eigenvalue weighted by molar-refractivity contribution is 5.40. The van der Waals surface area contributed by atoms with E-state index in [1.54, 1.807) is 7.11 Å². The summed E-state index contributed by atoms with van der Waals surface area (Å²) in [5.74, 6) is 0.934. The number of aromatic nitrogens is 2. The van der Waals surface area contributed by atoms with E-state index < -0.39 is 0 Å². The standard InChI is InChI=1S/C17H23N3O/c1-3-8-19-17-15-11-14(21-2)6-4-13(15)5-7-16(17)20-10-9-18-12-20/h4,6,9-12,16-17,19H,3,5,7-8H2,1-2H3. The van der Waals surface area contributed by atoms with Crippen LogP contribution in [-0.4, -0.2) is 23.2 Å². The Morgan fingerprint density at radius 2 is 2.33 bits per heavy atom. The number of hydrogen-bond acceptors (Lipinski definition) is 3. The molecule has 0 saturated heterocycles. The molecule has 1 aromatic heterocycles. The van der Waals surface area contributed by atoms with Crippen LogP contribution in [0.2, 0.25) is 0 Å². The van der Waals surface area contributed by atoms with E-state index in [1.807, 2.05) is 12.5 Å². The Kier molecular flexibility index (Phi) is 4.25. The van der Waals surface area contributed by atoms with Crippen molar-refractivity contribution in [2.45, 2.75) is 38.3 Å². The minimum absolute atomic E-state index is 0.318. The lowest BCUT2D eigenvalue weighted by Gasteiger charge is -2.35. The molecule has 0 amide bonds. The average molecular weight is 285 g/mol. The van der Waals surface area contributed by atoms with E-state index in [2.05, 4.69) is 46.2 Å². The largest absolute Gasteiger partial charge is 0.497 e. The molecule has 21 heavy (non-hydrogen) atoms. The summed E-state index contributed by atoms with van der Waals surface area (Å²) >= 11 is 0. The van der Waals surface area contributed by atoms with E-state index in [1.165, 1.54) is 11.1 Å². The third kappa shape index (κ3) is 2.81. The monoisotopic (exact) mass is 285 g/mol. The van der Waals surface area contributed by atoms with Crippen molar-refractivity contribution in [3.63, 3.8) is 0 Å². The van der Waals surface area contributed by atoms with Gasteiger partial charge in [-0.1, -0.05) is 13.0 Å². The Bertz CT molecular complexity index is 580. The molecule has 0 spiro atoms. The summed E-state index contributed by atoms with van der Waals surface area (Å²) in [6, 6.07) is 7.19. The van der Waals surface area contributed by atoms with Gasteiger partial charge in [-0.25, -0.2) is 4.98 Å². The van der Waals surface area contributed by atoms with Crippen molar-refractivity contribution in [2.24, 2.45) is 0 Å². The molecule has 2 atom stereocenters. The van der Waals surface area contributed by atoms with E-state index in [4.69, 9.17) is 4.74 Å². The zero-order valence-corrected chi connectivity index (χ0v) is 12.7. The number of ether oxygens (including phenoxy) is 1. The number of benzene rings is 1. The topological polar surface area (TPSA) is 39.1 Å². The Hall–Kier alpha value is -1.81. The number of aryl methyl sites for hydroxylation is 1. The zero-order chi connectivity index (χ0) is 14.7. The fraction of sp³-hybridized carbons (Fsp3) is 0.471. The second-order valence-corrected chi connectivity index (χ2v) is 5.61. The first-order valence-electron chi connectivity index (χ1n) is 7.71. The molecule has 2 unspecified atom stereocenters. The molecule has 4 heteroatoms. The van der Waals surface area contributed by atoms with Crippen LogP contribution in [0.1, 0.15) is 43.0 Å². The van der Waals surface area contributed by atoms with E-state index in [-0.39, 0.29) is 0 Å². The first kappa shape index (κ1) is 14.1. The summed E-state index contributed by atoms with van der Waals surface area (Å²) in [6.45, 7) is 3.22. The molecule has 1 aromatic carbocycles.